The van der Waals surface area contributed by atoms with E-state index >= 15 is 0 Å². The van der Waals surface area contributed by atoms with Crippen molar-refractivity contribution in [3.05, 3.63) is 64.7 Å². The van der Waals surface area contributed by atoms with Gasteiger partial charge in [0.1, 0.15) is 11.5 Å². The Labute approximate surface area is 152 Å². The highest BCUT2D eigenvalue weighted by Crippen LogP contribution is 2.27. The van der Waals surface area contributed by atoms with Gasteiger partial charge in [-0.25, -0.2) is 0 Å². The average molecular weight is 384 g/mol. The molecule has 1 N–H and O–H groups in total. The maximum Gasteiger partial charge on any atom is 0.455 e. The SMILES string of the molecule is COc1ccc(/C(O)=C(\C=Nc2cccc(Cl)c2)C(=O)C(F)(F)F)cc1. The van der Waals surface area contributed by atoms with E-state index in [1.807, 2.05) is 0 Å². The van der Waals surface area contributed by atoms with Crippen LogP contribution in [0.25, 0.3) is 5.76 Å². The first kappa shape index (κ1) is 19.5. The first-order chi connectivity index (χ1) is 12.2. The van der Waals surface area contributed by atoms with Gasteiger partial charge in [-0.3, -0.25) is 9.79 Å². The molecule has 0 aliphatic rings. The quantitative estimate of drug-likeness (QED) is 0.441. The Morgan fingerprint density at radius 2 is 1.85 bits per heavy atom. The highest BCUT2D eigenvalue weighted by atomic mass is 35.5. The zero-order chi connectivity index (χ0) is 19.3. The molecule has 0 bridgehead atoms. The lowest BCUT2D eigenvalue weighted by Crippen LogP contribution is -2.26. The van der Waals surface area contributed by atoms with Crippen molar-refractivity contribution < 1.29 is 27.8 Å². The third-order valence-corrected chi connectivity index (χ3v) is 3.51. The van der Waals surface area contributed by atoms with E-state index in [-0.39, 0.29) is 11.3 Å². The van der Waals surface area contributed by atoms with Crippen LogP contribution in [0.5, 0.6) is 5.75 Å². The number of ether oxygens (including phenoxy) is 1. The fourth-order valence-corrected chi connectivity index (χ4v) is 2.16. The van der Waals surface area contributed by atoms with Crippen LogP contribution >= 0.6 is 11.6 Å². The van der Waals surface area contributed by atoms with Crippen molar-refractivity contribution in [1.82, 2.24) is 0 Å². The van der Waals surface area contributed by atoms with Gasteiger partial charge in [0.15, 0.2) is 0 Å². The van der Waals surface area contributed by atoms with Gasteiger partial charge in [0.05, 0.1) is 18.4 Å². The Bertz CT molecular complexity index is 859. The van der Waals surface area contributed by atoms with Gasteiger partial charge in [-0.2, -0.15) is 13.2 Å². The molecule has 0 unspecified atom stereocenters. The molecule has 2 aromatic carbocycles. The second-order valence-electron chi connectivity index (χ2n) is 5.06. The average Bonchev–Trinajstić information content (AvgIpc) is 2.61. The molecule has 0 fully saturated rings. The lowest BCUT2D eigenvalue weighted by atomic mass is 10.0. The first-order valence-corrected chi connectivity index (χ1v) is 7.59. The number of benzene rings is 2. The summed E-state index contributed by atoms with van der Waals surface area (Å²) >= 11 is 5.79. The molecule has 0 atom stereocenters. The number of rotatable bonds is 5. The molecule has 2 rings (SSSR count). The molecule has 0 aromatic heterocycles. The molecule has 0 saturated carbocycles. The Morgan fingerprint density at radius 1 is 1.19 bits per heavy atom. The smallest absolute Gasteiger partial charge is 0.455 e. The minimum Gasteiger partial charge on any atom is -0.506 e. The van der Waals surface area contributed by atoms with Gasteiger partial charge >= 0.3 is 6.18 Å². The van der Waals surface area contributed by atoms with E-state index in [1.165, 1.54) is 43.5 Å². The summed E-state index contributed by atoms with van der Waals surface area (Å²) in [5.41, 5.74) is -0.744. The van der Waals surface area contributed by atoms with Crippen molar-refractivity contribution >= 4 is 35.0 Å². The number of hydrogen-bond acceptors (Lipinski definition) is 4. The van der Waals surface area contributed by atoms with E-state index in [9.17, 15) is 23.1 Å². The molecular weight excluding hydrogens is 371 g/mol. The Hall–Kier alpha value is -2.80. The number of aliphatic hydroxyl groups is 1. The third-order valence-electron chi connectivity index (χ3n) is 3.27. The van der Waals surface area contributed by atoms with Gasteiger partial charge in [-0.15, -0.1) is 0 Å². The Morgan fingerprint density at radius 3 is 2.38 bits per heavy atom. The number of carbonyl (C=O) groups is 1. The fourth-order valence-electron chi connectivity index (χ4n) is 1.98. The summed E-state index contributed by atoms with van der Waals surface area (Å²) in [4.78, 5) is 15.5. The molecule has 136 valence electrons. The van der Waals surface area contributed by atoms with Crippen LogP contribution < -0.4 is 4.74 Å². The van der Waals surface area contributed by atoms with Crippen molar-refractivity contribution in [2.75, 3.05) is 7.11 Å². The number of hydrogen-bond donors (Lipinski definition) is 1. The van der Waals surface area contributed by atoms with Crippen LogP contribution in [-0.2, 0) is 4.79 Å². The molecule has 4 nitrogen and oxygen atoms in total. The predicted molar refractivity (Wildman–Crippen MR) is 93.2 cm³/mol. The van der Waals surface area contributed by atoms with Crippen molar-refractivity contribution in [3.8, 4) is 5.75 Å². The molecule has 0 aliphatic heterocycles. The van der Waals surface area contributed by atoms with Crippen LogP contribution in [0.15, 0.2) is 59.1 Å². The van der Waals surface area contributed by atoms with Crippen LogP contribution in [0, 0.1) is 0 Å². The van der Waals surface area contributed by atoms with Crippen molar-refractivity contribution in [1.29, 1.82) is 0 Å². The van der Waals surface area contributed by atoms with E-state index in [0.29, 0.717) is 17.0 Å². The van der Waals surface area contributed by atoms with Gasteiger partial charge in [0.25, 0.3) is 5.78 Å². The highest BCUT2D eigenvalue weighted by Gasteiger charge is 2.41. The topological polar surface area (TPSA) is 58.9 Å². The molecule has 0 radical (unpaired) electrons. The maximum absolute atomic E-state index is 12.9. The number of halogens is 4. The second-order valence-corrected chi connectivity index (χ2v) is 5.49. The fraction of sp³-hybridized carbons (Fsp3) is 0.111. The molecule has 26 heavy (non-hydrogen) atoms. The minimum absolute atomic E-state index is 0.0101. The van der Waals surface area contributed by atoms with Crippen molar-refractivity contribution in [2.45, 2.75) is 6.18 Å². The number of carbonyl (C=O) groups excluding carboxylic acids is 1. The summed E-state index contributed by atoms with van der Waals surface area (Å²) in [6.45, 7) is 0. The van der Waals surface area contributed by atoms with Gasteiger partial charge in [0, 0.05) is 16.8 Å². The van der Waals surface area contributed by atoms with Gasteiger partial charge in [0.2, 0.25) is 0 Å². The lowest BCUT2D eigenvalue weighted by molar-refractivity contribution is -0.165. The summed E-state index contributed by atoms with van der Waals surface area (Å²) in [7, 11) is 1.42. The third kappa shape index (κ3) is 4.86. The van der Waals surface area contributed by atoms with Gasteiger partial charge < -0.3 is 9.84 Å². The van der Waals surface area contributed by atoms with Gasteiger partial charge in [-0.1, -0.05) is 17.7 Å². The summed E-state index contributed by atoms with van der Waals surface area (Å²) in [6.07, 6.45) is -4.50. The number of ketones is 1. The molecule has 0 saturated heterocycles. The second kappa shape index (κ2) is 8.05. The molecule has 0 spiro atoms. The zero-order valence-electron chi connectivity index (χ0n) is 13.4. The largest absolute Gasteiger partial charge is 0.506 e. The van der Waals surface area contributed by atoms with Crippen LogP contribution in [0.2, 0.25) is 5.02 Å². The van der Waals surface area contributed by atoms with Crippen molar-refractivity contribution in [3.63, 3.8) is 0 Å². The monoisotopic (exact) mass is 383 g/mol. The zero-order valence-corrected chi connectivity index (χ0v) is 14.2. The molecule has 2 aromatic rings. The number of Topliss-reactive ketones (excluding diaryl/α,β-unsaturated/α-hetero) is 1. The van der Waals surface area contributed by atoms with E-state index < -0.39 is 23.3 Å². The van der Waals surface area contributed by atoms with E-state index in [2.05, 4.69) is 4.99 Å². The summed E-state index contributed by atoms with van der Waals surface area (Å²) in [5, 5.41) is 10.5. The van der Waals surface area contributed by atoms with Crippen LogP contribution in [-0.4, -0.2) is 30.4 Å². The molecular formula is C18H13ClF3NO3. The predicted octanol–water partition coefficient (Wildman–Crippen LogP) is 5.15. The normalized spacial score (nSPS) is 12.8. The number of aliphatic imine (C=N–C) groups is 1. The maximum atomic E-state index is 12.9. The number of methoxy groups -OCH3 is 1. The Kier molecular flexibility index (Phi) is 6.05. The molecule has 0 heterocycles. The molecule has 8 heteroatoms. The van der Waals surface area contributed by atoms with Crippen LogP contribution in [0.4, 0.5) is 18.9 Å². The summed E-state index contributed by atoms with van der Waals surface area (Å²) in [6, 6.07) is 11.5. The van der Waals surface area contributed by atoms with Crippen LogP contribution in [0.1, 0.15) is 5.56 Å². The number of alkyl halides is 3. The molecule has 0 aliphatic carbocycles. The van der Waals surface area contributed by atoms with Crippen molar-refractivity contribution in [2.24, 2.45) is 4.99 Å². The lowest BCUT2D eigenvalue weighted by Gasteiger charge is -2.09. The first-order valence-electron chi connectivity index (χ1n) is 7.21. The number of nitrogens with zero attached hydrogens (tertiary/aromatic N) is 1. The van der Waals surface area contributed by atoms with Crippen LogP contribution in [0.3, 0.4) is 0 Å². The van der Waals surface area contributed by atoms with E-state index in [4.69, 9.17) is 16.3 Å². The number of aliphatic hydroxyl groups excluding tert-OH is 1. The van der Waals surface area contributed by atoms with E-state index in [0.717, 1.165) is 0 Å². The summed E-state index contributed by atoms with van der Waals surface area (Å²) in [5.74, 6) is -2.62. The highest BCUT2D eigenvalue weighted by molar-refractivity contribution is 6.30. The number of allylic oxidation sites excluding steroid dienone is 1. The summed E-state index contributed by atoms with van der Waals surface area (Å²) < 4.78 is 43.6. The Balaban J connectivity index is 2.50. The minimum atomic E-state index is -5.17. The standard InChI is InChI=1S/C18H13ClF3NO3/c1-26-14-7-5-11(6-8-14)16(24)15(17(25)18(20,21)22)10-23-13-4-2-3-12(19)9-13/h2-10,24H,1H3/b16-15-,23-10?. The van der Waals surface area contributed by atoms with Gasteiger partial charge in [-0.05, 0) is 42.5 Å². The van der Waals surface area contributed by atoms with E-state index in [1.54, 1.807) is 12.1 Å². The molecule has 0 amide bonds.